The molecule has 156 valence electrons. The Bertz CT molecular complexity index is 866. The zero-order valence-corrected chi connectivity index (χ0v) is 17.3. The molecule has 0 bridgehead atoms. The Kier molecular flexibility index (Phi) is 8.05. The van der Waals surface area contributed by atoms with Gasteiger partial charge < -0.3 is 14.9 Å². The van der Waals surface area contributed by atoms with E-state index in [1.165, 1.54) is 5.56 Å². The smallest absolute Gasteiger partial charge is 0.266 e. The minimum absolute atomic E-state index is 0.0406. The summed E-state index contributed by atoms with van der Waals surface area (Å²) in [5, 5.41) is 19.0. The number of hydrogen-bond acceptors (Lipinski definition) is 4. The van der Waals surface area contributed by atoms with Gasteiger partial charge in [0.1, 0.15) is 11.6 Å². The van der Waals surface area contributed by atoms with Crippen molar-refractivity contribution >= 4 is 5.91 Å². The Balaban J connectivity index is 1.60. The summed E-state index contributed by atoms with van der Waals surface area (Å²) in [6, 6.07) is 22.3. The lowest BCUT2D eigenvalue weighted by Crippen LogP contribution is -2.40. The van der Waals surface area contributed by atoms with Crippen molar-refractivity contribution in [1.29, 1.82) is 5.26 Å². The summed E-state index contributed by atoms with van der Waals surface area (Å²) in [7, 11) is 0. The highest BCUT2D eigenvalue weighted by Gasteiger charge is 2.25. The number of nitrogens with zero attached hydrogens (tertiary/aromatic N) is 3. The summed E-state index contributed by atoms with van der Waals surface area (Å²) in [4.78, 5) is 16.5. The molecule has 0 spiro atoms. The molecule has 1 heterocycles. The number of aliphatic hydroxyl groups excluding tert-OH is 1. The third-order valence-corrected chi connectivity index (χ3v) is 5.55. The Morgan fingerprint density at radius 1 is 1.07 bits per heavy atom. The largest absolute Gasteiger partial charge is 0.395 e. The van der Waals surface area contributed by atoms with Crippen LogP contribution in [-0.2, 0) is 17.8 Å². The zero-order valence-electron chi connectivity index (χ0n) is 17.3. The van der Waals surface area contributed by atoms with Crippen LogP contribution in [0.1, 0.15) is 24.0 Å². The lowest BCUT2D eigenvalue weighted by Gasteiger charge is -2.32. The normalized spacial score (nSPS) is 14.9. The van der Waals surface area contributed by atoms with Crippen molar-refractivity contribution in [2.24, 2.45) is 5.92 Å². The van der Waals surface area contributed by atoms with Crippen molar-refractivity contribution in [2.45, 2.75) is 25.8 Å². The van der Waals surface area contributed by atoms with Gasteiger partial charge in [-0.1, -0.05) is 60.7 Å². The molecule has 0 aromatic heterocycles. The van der Waals surface area contributed by atoms with Crippen LogP contribution in [0.4, 0.5) is 0 Å². The third-order valence-electron chi connectivity index (χ3n) is 5.55. The van der Waals surface area contributed by atoms with Gasteiger partial charge in [0.05, 0.1) is 6.61 Å². The maximum atomic E-state index is 12.9. The number of aliphatic hydroxyl groups is 1. The van der Waals surface area contributed by atoms with E-state index in [1.54, 1.807) is 11.1 Å². The van der Waals surface area contributed by atoms with Crippen molar-refractivity contribution < 1.29 is 9.90 Å². The number of hydrogen-bond donors (Lipinski definition) is 1. The summed E-state index contributed by atoms with van der Waals surface area (Å²) >= 11 is 0. The molecular weight excluding hydrogens is 374 g/mol. The average molecular weight is 404 g/mol. The molecule has 0 unspecified atom stereocenters. The lowest BCUT2D eigenvalue weighted by atomic mass is 9.90. The molecule has 0 atom stereocenters. The number of benzene rings is 2. The van der Waals surface area contributed by atoms with Crippen molar-refractivity contribution in [2.75, 3.05) is 26.2 Å². The zero-order chi connectivity index (χ0) is 21.2. The van der Waals surface area contributed by atoms with Gasteiger partial charge in [0.25, 0.3) is 5.91 Å². The first kappa shape index (κ1) is 21.6. The molecule has 1 N–H and O–H groups in total. The molecule has 1 amide bonds. The monoisotopic (exact) mass is 403 g/mol. The second kappa shape index (κ2) is 11.2. The molecule has 5 heteroatoms. The number of carbonyl (C=O) groups excluding carboxylic acids is 1. The Labute approximate surface area is 178 Å². The van der Waals surface area contributed by atoms with Gasteiger partial charge in [-0.15, -0.1) is 0 Å². The van der Waals surface area contributed by atoms with Crippen LogP contribution < -0.4 is 0 Å². The van der Waals surface area contributed by atoms with Gasteiger partial charge in [0.2, 0.25) is 0 Å². The van der Waals surface area contributed by atoms with E-state index in [2.05, 4.69) is 30.3 Å². The van der Waals surface area contributed by atoms with Crippen molar-refractivity contribution in [3.05, 3.63) is 83.6 Å². The van der Waals surface area contributed by atoms with E-state index in [0.29, 0.717) is 32.1 Å². The maximum absolute atomic E-state index is 12.9. The van der Waals surface area contributed by atoms with E-state index in [4.69, 9.17) is 0 Å². The van der Waals surface area contributed by atoms with E-state index in [9.17, 15) is 15.2 Å². The Hall–Kier alpha value is -3.10. The highest BCUT2D eigenvalue weighted by molar-refractivity contribution is 5.97. The summed E-state index contributed by atoms with van der Waals surface area (Å²) in [5.74, 6) is 0.349. The molecule has 1 aliphatic rings. The topological polar surface area (TPSA) is 67.6 Å². The molecule has 0 saturated carbocycles. The highest BCUT2D eigenvalue weighted by Crippen LogP contribution is 2.23. The summed E-state index contributed by atoms with van der Waals surface area (Å²) < 4.78 is 0. The fourth-order valence-corrected chi connectivity index (χ4v) is 3.91. The summed E-state index contributed by atoms with van der Waals surface area (Å²) in [6.45, 7) is 2.22. The van der Waals surface area contributed by atoms with Gasteiger partial charge in [0, 0.05) is 32.4 Å². The van der Waals surface area contributed by atoms with Crippen LogP contribution in [0, 0.1) is 17.2 Å². The van der Waals surface area contributed by atoms with Crippen LogP contribution in [0.3, 0.4) is 0 Å². The Morgan fingerprint density at radius 3 is 2.23 bits per heavy atom. The standard InChI is InChI=1S/C25H29N3O2/c26-18-24(20-27(15-16-29)19-23-9-5-2-6-10-23)25(30)28-13-11-22(12-14-28)17-21-7-3-1-4-8-21/h1-10,20,22,29H,11-17,19H2/b24-20-. The average Bonchev–Trinajstić information content (AvgIpc) is 2.79. The predicted molar refractivity (Wildman–Crippen MR) is 117 cm³/mol. The lowest BCUT2D eigenvalue weighted by molar-refractivity contribution is -0.128. The molecule has 2 aromatic carbocycles. The van der Waals surface area contributed by atoms with E-state index in [-0.39, 0.29) is 18.1 Å². The number of nitriles is 1. The summed E-state index contributed by atoms with van der Waals surface area (Å²) in [6.07, 6.45) is 4.53. The van der Waals surface area contributed by atoms with Crippen molar-refractivity contribution in [3.8, 4) is 6.07 Å². The second-order valence-corrected chi connectivity index (χ2v) is 7.76. The maximum Gasteiger partial charge on any atom is 0.266 e. The molecule has 1 aliphatic heterocycles. The molecule has 3 rings (SSSR count). The quantitative estimate of drug-likeness (QED) is 0.542. The number of rotatable bonds is 8. The van der Waals surface area contributed by atoms with Crippen LogP contribution in [0.5, 0.6) is 0 Å². The summed E-state index contributed by atoms with van der Waals surface area (Å²) in [5.41, 5.74) is 2.52. The minimum atomic E-state index is -0.216. The number of carbonyl (C=O) groups is 1. The van der Waals surface area contributed by atoms with Crippen LogP contribution in [0.25, 0.3) is 0 Å². The van der Waals surface area contributed by atoms with Crippen LogP contribution in [-0.4, -0.2) is 47.1 Å². The van der Waals surface area contributed by atoms with Gasteiger partial charge in [-0.05, 0) is 36.3 Å². The first-order valence-corrected chi connectivity index (χ1v) is 10.5. The van der Waals surface area contributed by atoms with Crippen LogP contribution in [0.2, 0.25) is 0 Å². The molecular formula is C25H29N3O2. The van der Waals surface area contributed by atoms with Gasteiger partial charge in [-0.25, -0.2) is 0 Å². The molecule has 1 fully saturated rings. The third kappa shape index (κ3) is 6.20. The van der Waals surface area contributed by atoms with Crippen molar-refractivity contribution in [1.82, 2.24) is 9.80 Å². The first-order valence-electron chi connectivity index (χ1n) is 10.5. The molecule has 5 nitrogen and oxygen atoms in total. The fourth-order valence-electron chi connectivity index (χ4n) is 3.91. The number of likely N-dealkylation sites (tertiary alicyclic amines) is 1. The highest BCUT2D eigenvalue weighted by atomic mass is 16.3. The molecule has 0 aliphatic carbocycles. The SMILES string of the molecule is N#C/C(=C/N(CCO)Cc1ccccc1)C(=O)N1CCC(Cc2ccccc2)CC1. The molecule has 30 heavy (non-hydrogen) atoms. The Morgan fingerprint density at radius 2 is 1.67 bits per heavy atom. The minimum Gasteiger partial charge on any atom is -0.395 e. The number of piperidine rings is 1. The van der Waals surface area contributed by atoms with Gasteiger partial charge in [0.15, 0.2) is 0 Å². The number of amides is 1. The van der Waals surface area contributed by atoms with Crippen LogP contribution in [0.15, 0.2) is 72.4 Å². The van der Waals surface area contributed by atoms with Gasteiger partial charge in [-0.3, -0.25) is 4.79 Å². The van der Waals surface area contributed by atoms with Crippen LogP contribution >= 0.6 is 0 Å². The fraction of sp³-hybridized carbons (Fsp3) is 0.360. The van der Waals surface area contributed by atoms with Crippen molar-refractivity contribution in [3.63, 3.8) is 0 Å². The van der Waals surface area contributed by atoms with E-state index >= 15 is 0 Å². The molecule has 2 aromatic rings. The van der Waals surface area contributed by atoms with Gasteiger partial charge >= 0.3 is 0 Å². The van der Waals surface area contributed by atoms with E-state index in [1.807, 2.05) is 41.3 Å². The predicted octanol–water partition coefficient (Wildman–Crippen LogP) is 3.37. The van der Waals surface area contributed by atoms with Gasteiger partial charge in [-0.2, -0.15) is 5.26 Å². The van der Waals surface area contributed by atoms with E-state index in [0.717, 1.165) is 24.8 Å². The molecule has 0 radical (unpaired) electrons. The molecule has 1 saturated heterocycles. The van der Waals surface area contributed by atoms with E-state index < -0.39 is 0 Å². The first-order chi connectivity index (χ1) is 14.7. The second-order valence-electron chi connectivity index (χ2n) is 7.76.